The van der Waals surface area contributed by atoms with Crippen molar-refractivity contribution < 1.29 is 14.3 Å². The predicted molar refractivity (Wildman–Crippen MR) is 112 cm³/mol. The van der Waals surface area contributed by atoms with Gasteiger partial charge in [0.15, 0.2) is 11.5 Å². The van der Waals surface area contributed by atoms with Crippen molar-refractivity contribution >= 4 is 35.0 Å². The molecule has 0 aliphatic rings. The van der Waals surface area contributed by atoms with E-state index >= 15 is 0 Å². The summed E-state index contributed by atoms with van der Waals surface area (Å²) in [6.07, 6.45) is 3.15. The van der Waals surface area contributed by atoms with Crippen LogP contribution >= 0.6 is 11.6 Å². The molecule has 0 bridgehead atoms. The van der Waals surface area contributed by atoms with Crippen LogP contribution in [0.3, 0.4) is 0 Å². The average molecular weight is 389 g/mol. The van der Waals surface area contributed by atoms with Crippen LogP contribution < -0.4 is 19.7 Å². The Bertz CT molecular complexity index is 848. The number of hydrogen-bond donors (Lipinski definition) is 1. The Morgan fingerprint density at radius 2 is 2.00 bits per heavy atom. The second kappa shape index (κ2) is 9.33. The van der Waals surface area contributed by atoms with Gasteiger partial charge in [-0.15, -0.1) is 0 Å². The van der Waals surface area contributed by atoms with E-state index in [9.17, 15) is 4.79 Å². The first-order chi connectivity index (χ1) is 12.8. The zero-order valence-electron chi connectivity index (χ0n) is 16.3. The van der Waals surface area contributed by atoms with Crippen LogP contribution in [0.15, 0.2) is 36.4 Å². The van der Waals surface area contributed by atoms with Crippen LogP contribution in [0.4, 0.5) is 11.4 Å². The minimum atomic E-state index is -0.222. The summed E-state index contributed by atoms with van der Waals surface area (Å²) in [5.41, 5.74) is 3.60. The molecule has 1 N–H and O–H groups in total. The molecule has 27 heavy (non-hydrogen) atoms. The van der Waals surface area contributed by atoms with Crippen LogP contribution in [-0.2, 0) is 4.79 Å². The number of anilines is 2. The van der Waals surface area contributed by atoms with Crippen LogP contribution in [0.25, 0.3) is 6.08 Å². The molecule has 0 atom stereocenters. The van der Waals surface area contributed by atoms with Crippen LogP contribution in [-0.4, -0.2) is 33.7 Å². The van der Waals surface area contributed by atoms with Gasteiger partial charge >= 0.3 is 0 Å². The van der Waals surface area contributed by atoms with E-state index in [0.717, 1.165) is 22.5 Å². The molecule has 0 radical (unpaired) electrons. The Kier molecular flexibility index (Phi) is 7.13. The third kappa shape index (κ3) is 5.41. The van der Waals surface area contributed by atoms with Crippen LogP contribution in [0.5, 0.6) is 11.5 Å². The minimum absolute atomic E-state index is 0.222. The maximum Gasteiger partial charge on any atom is 0.248 e. The number of halogens is 1. The number of nitrogens with zero attached hydrogens (tertiary/aromatic N) is 1. The normalized spacial score (nSPS) is 10.7. The van der Waals surface area contributed by atoms with E-state index < -0.39 is 0 Å². The number of benzene rings is 2. The molecule has 2 aromatic carbocycles. The van der Waals surface area contributed by atoms with Gasteiger partial charge in [-0.3, -0.25) is 4.79 Å². The molecule has 0 saturated heterocycles. The third-order valence-corrected chi connectivity index (χ3v) is 4.23. The quantitative estimate of drug-likeness (QED) is 0.694. The maximum atomic E-state index is 12.3. The van der Waals surface area contributed by atoms with Crippen molar-refractivity contribution in [3.05, 3.63) is 52.6 Å². The lowest BCUT2D eigenvalue weighted by Gasteiger charge is -2.15. The highest BCUT2D eigenvalue weighted by molar-refractivity contribution is 6.32. The lowest BCUT2D eigenvalue weighted by Crippen LogP contribution is -2.11. The van der Waals surface area contributed by atoms with Gasteiger partial charge in [-0.2, -0.15) is 0 Å². The molecule has 0 fully saturated rings. The van der Waals surface area contributed by atoms with Gasteiger partial charge in [0.25, 0.3) is 0 Å². The fraction of sp³-hybridized carbons (Fsp3) is 0.286. The molecule has 0 aliphatic carbocycles. The number of hydrogen-bond acceptors (Lipinski definition) is 4. The predicted octanol–water partition coefficient (Wildman–Crippen LogP) is 4.77. The van der Waals surface area contributed by atoms with Crippen molar-refractivity contribution in [2.75, 3.05) is 38.0 Å². The van der Waals surface area contributed by atoms with Crippen molar-refractivity contribution in [3.63, 3.8) is 0 Å². The summed E-state index contributed by atoms with van der Waals surface area (Å²) in [7, 11) is 5.50. The zero-order chi connectivity index (χ0) is 20.0. The molecule has 5 nitrogen and oxygen atoms in total. The molecule has 1 amide bonds. The van der Waals surface area contributed by atoms with E-state index in [0.29, 0.717) is 23.1 Å². The number of aryl methyl sites for hydroxylation is 1. The van der Waals surface area contributed by atoms with E-state index in [4.69, 9.17) is 21.1 Å². The topological polar surface area (TPSA) is 50.8 Å². The summed E-state index contributed by atoms with van der Waals surface area (Å²) >= 11 is 6.23. The van der Waals surface area contributed by atoms with Crippen molar-refractivity contribution in [2.45, 2.75) is 13.8 Å². The lowest BCUT2D eigenvalue weighted by atomic mass is 10.1. The van der Waals surface area contributed by atoms with Gasteiger partial charge in [0, 0.05) is 31.5 Å². The molecule has 0 saturated carbocycles. The summed E-state index contributed by atoms with van der Waals surface area (Å²) < 4.78 is 10.8. The maximum absolute atomic E-state index is 12.3. The SMILES string of the molecule is CCOc1cc(/C=C/C(=O)Nc2ccc(N(C)C)cc2C)cc(Cl)c1OC. The Hall–Kier alpha value is -2.66. The summed E-state index contributed by atoms with van der Waals surface area (Å²) in [5, 5.41) is 3.32. The smallest absolute Gasteiger partial charge is 0.248 e. The van der Waals surface area contributed by atoms with Gasteiger partial charge in [0.05, 0.1) is 18.7 Å². The Morgan fingerprint density at radius 1 is 1.26 bits per heavy atom. The van der Waals surface area contributed by atoms with Crippen molar-refractivity contribution in [2.24, 2.45) is 0 Å². The van der Waals surface area contributed by atoms with E-state index in [1.165, 1.54) is 13.2 Å². The average Bonchev–Trinajstić information content (AvgIpc) is 2.61. The van der Waals surface area contributed by atoms with Gasteiger partial charge in [-0.25, -0.2) is 0 Å². The molecule has 0 spiro atoms. The first-order valence-corrected chi connectivity index (χ1v) is 9.00. The van der Waals surface area contributed by atoms with Gasteiger partial charge in [-0.05, 0) is 61.4 Å². The zero-order valence-corrected chi connectivity index (χ0v) is 17.1. The highest BCUT2D eigenvalue weighted by Crippen LogP contribution is 2.36. The molecule has 0 aromatic heterocycles. The number of carbonyl (C=O) groups excluding carboxylic acids is 1. The van der Waals surface area contributed by atoms with Crippen LogP contribution in [0.2, 0.25) is 5.02 Å². The monoisotopic (exact) mass is 388 g/mol. The number of methoxy groups -OCH3 is 1. The van der Waals surface area contributed by atoms with Crippen LogP contribution in [0.1, 0.15) is 18.1 Å². The van der Waals surface area contributed by atoms with Gasteiger partial charge in [0.2, 0.25) is 5.91 Å². The molecular formula is C21H25ClN2O3. The molecule has 0 aliphatic heterocycles. The highest BCUT2D eigenvalue weighted by atomic mass is 35.5. The van der Waals surface area contributed by atoms with E-state index in [2.05, 4.69) is 5.32 Å². The number of carbonyl (C=O) groups is 1. The fourth-order valence-corrected chi connectivity index (χ4v) is 2.85. The van der Waals surface area contributed by atoms with Gasteiger partial charge in [-0.1, -0.05) is 11.6 Å². The second-order valence-corrected chi connectivity index (χ2v) is 6.59. The number of rotatable bonds is 7. The molecule has 144 valence electrons. The number of ether oxygens (including phenoxy) is 2. The van der Waals surface area contributed by atoms with E-state index in [1.54, 1.807) is 18.2 Å². The summed E-state index contributed by atoms with van der Waals surface area (Å²) in [6.45, 7) is 4.33. The van der Waals surface area contributed by atoms with Crippen molar-refractivity contribution in [1.29, 1.82) is 0 Å². The Balaban J connectivity index is 2.15. The molecular weight excluding hydrogens is 364 g/mol. The molecule has 0 unspecified atom stereocenters. The fourth-order valence-electron chi connectivity index (χ4n) is 2.56. The molecule has 2 aromatic rings. The summed E-state index contributed by atoms with van der Waals surface area (Å²) in [4.78, 5) is 14.3. The molecule has 6 heteroatoms. The Morgan fingerprint density at radius 3 is 2.59 bits per heavy atom. The molecule has 0 heterocycles. The Labute approximate surface area is 165 Å². The van der Waals surface area contributed by atoms with E-state index in [1.807, 2.05) is 51.0 Å². The number of nitrogens with one attached hydrogen (secondary N) is 1. The largest absolute Gasteiger partial charge is 0.491 e. The summed E-state index contributed by atoms with van der Waals surface area (Å²) in [6, 6.07) is 9.40. The third-order valence-electron chi connectivity index (χ3n) is 3.95. The molecule has 2 rings (SSSR count). The first kappa shape index (κ1) is 20.6. The number of amides is 1. The van der Waals surface area contributed by atoms with Gasteiger partial charge in [0.1, 0.15) is 0 Å². The van der Waals surface area contributed by atoms with Crippen molar-refractivity contribution in [1.82, 2.24) is 0 Å². The minimum Gasteiger partial charge on any atom is -0.491 e. The van der Waals surface area contributed by atoms with Gasteiger partial charge < -0.3 is 19.7 Å². The first-order valence-electron chi connectivity index (χ1n) is 8.63. The van der Waals surface area contributed by atoms with E-state index in [-0.39, 0.29) is 5.91 Å². The highest BCUT2D eigenvalue weighted by Gasteiger charge is 2.11. The van der Waals surface area contributed by atoms with Crippen molar-refractivity contribution in [3.8, 4) is 11.5 Å². The standard InChI is InChI=1S/C21H25ClN2O3/c1-6-27-19-13-15(12-17(22)21(19)26-5)7-10-20(25)23-18-9-8-16(24(3)4)11-14(18)2/h7-13H,6H2,1-5H3,(H,23,25)/b10-7+. The lowest BCUT2D eigenvalue weighted by molar-refractivity contribution is -0.111. The summed E-state index contributed by atoms with van der Waals surface area (Å²) in [5.74, 6) is 0.806. The second-order valence-electron chi connectivity index (χ2n) is 6.18. The van der Waals surface area contributed by atoms with Crippen LogP contribution in [0, 0.1) is 6.92 Å².